The zero-order valence-corrected chi connectivity index (χ0v) is 18.1. The lowest BCUT2D eigenvalue weighted by Gasteiger charge is -2.36. The fraction of sp³-hybridized carbons (Fsp3) is 0.682. The first kappa shape index (κ1) is 22.8. The van der Waals surface area contributed by atoms with E-state index in [9.17, 15) is 9.50 Å². The van der Waals surface area contributed by atoms with Gasteiger partial charge in [0.1, 0.15) is 5.82 Å². The second-order valence-electron chi connectivity index (χ2n) is 8.26. The molecule has 1 atom stereocenters. The van der Waals surface area contributed by atoms with Crippen LogP contribution in [0.4, 0.5) is 10.1 Å². The molecule has 0 aromatic heterocycles. The van der Waals surface area contributed by atoms with Crippen LogP contribution in [0.5, 0.6) is 0 Å². The standard InChI is InChI=1S/C22H36FN5O2/c1-24-21(26-17-22(7-15-29)8-16-30-18-22)25-9-4-10-27-11-13-28(14-12-27)20-6-3-2-5-19(20)23/h2-3,5-6,29H,4,7-18H2,1H3,(H2,24,25,26). The van der Waals surface area contributed by atoms with E-state index < -0.39 is 0 Å². The molecule has 0 radical (unpaired) electrons. The van der Waals surface area contributed by atoms with E-state index in [4.69, 9.17) is 4.74 Å². The summed E-state index contributed by atoms with van der Waals surface area (Å²) in [6, 6.07) is 7.01. The molecular weight excluding hydrogens is 385 g/mol. The summed E-state index contributed by atoms with van der Waals surface area (Å²) >= 11 is 0. The molecule has 30 heavy (non-hydrogen) atoms. The maximum absolute atomic E-state index is 14.0. The molecule has 1 unspecified atom stereocenters. The third kappa shape index (κ3) is 6.30. The van der Waals surface area contributed by atoms with Crippen molar-refractivity contribution in [1.29, 1.82) is 0 Å². The minimum absolute atomic E-state index is 0.00424. The van der Waals surface area contributed by atoms with Crippen LogP contribution in [0.1, 0.15) is 19.3 Å². The molecule has 0 aliphatic carbocycles. The number of aliphatic hydroxyl groups is 1. The van der Waals surface area contributed by atoms with Crippen LogP contribution < -0.4 is 15.5 Å². The van der Waals surface area contributed by atoms with Gasteiger partial charge in [0.05, 0.1) is 12.3 Å². The summed E-state index contributed by atoms with van der Waals surface area (Å²) in [5.41, 5.74) is 0.713. The fourth-order valence-corrected chi connectivity index (χ4v) is 4.23. The Morgan fingerprint density at radius 3 is 2.70 bits per heavy atom. The highest BCUT2D eigenvalue weighted by atomic mass is 19.1. The Morgan fingerprint density at radius 2 is 2.03 bits per heavy atom. The predicted molar refractivity (Wildman–Crippen MR) is 119 cm³/mol. The minimum atomic E-state index is -0.140. The zero-order valence-electron chi connectivity index (χ0n) is 18.1. The van der Waals surface area contributed by atoms with Crippen molar-refractivity contribution < 1.29 is 14.2 Å². The van der Waals surface area contributed by atoms with Crippen LogP contribution in [0.2, 0.25) is 0 Å². The van der Waals surface area contributed by atoms with Crippen LogP contribution in [0.3, 0.4) is 0 Å². The van der Waals surface area contributed by atoms with Crippen molar-refractivity contribution in [2.24, 2.45) is 10.4 Å². The quantitative estimate of drug-likeness (QED) is 0.317. The molecule has 2 saturated heterocycles. The number of aliphatic imine (C=N–C) groups is 1. The van der Waals surface area contributed by atoms with Gasteiger partial charge in [-0.05, 0) is 37.9 Å². The summed E-state index contributed by atoms with van der Waals surface area (Å²) in [4.78, 5) is 8.87. The molecule has 7 nitrogen and oxygen atoms in total. The summed E-state index contributed by atoms with van der Waals surface area (Å²) in [7, 11) is 1.78. The predicted octanol–water partition coefficient (Wildman–Crippen LogP) is 1.29. The number of nitrogens with one attached hydrogen (secondary N) is 2. The van der Waals surface area contributed by atoms with Crippen molar-refractivity contribution in [3.8, 4) is 0 Å². The average Bonchev–Trinajstić information content (AvgIpc) is 3.23. The lowest BCUT2D eigenvalue weighted by Crippen LogP contribution is -2.48. The van der Waals surface area contributed by atoms with Gasteiger partial charge in [0.15, 0.2) is 5.96 Å². The molecule has 2 aliphatic rings. The Kier molecular flexibility index (Phi) is 8.72. The molecule has 8 heteroatoms. The van der Waals surface area contributed by atoms with Gasteiger partial charge in [-0.15, -0.1) is 0 Å². The maximum Gasteiger partial charge on any atom is 0.190 e. The number of hydrogen-bond acceptors (Lipinski definition) is 5. The average molecular weight is 422 g/mol. The van der Waals surface area contributed by atoms with Crippen LogP contribution in [0.25, 0.3) is 0 Å². The number of benzene rings is 1. The molecule has 0 saturated carbocycles. The van der Waals surface area contributed by atoms with Crippen LogP contribution in [-0.2, 0) is 4.74 Å². The van der Waals surface area contributed by atoms with E-state index >= 15 is 0 Å². The van der Waals surface area contributed by atoms with Gasteiger partial charge in [-0.3, -0.25) is 9.89 Å². The molecule has 3 N–H and O–H groups in total. The number of hydrogen-bond donors (Lipinski definition) is 3. The number of ether oxygens (including phenoxy) is 1. The van der Waals surface area contributed by atoms with E-state index in [0.717, 1.165) is 77.6 Å². The summed E-state index contributed by atoms with van der Waals surface area (Å²) in [5, 5.41) is 16.1. The maximum atomic E-state index is 14.0. The van der Waals surface area contributed by atoms with Gasteiger partial charge in [0, 0.05) is 64.9 Å². The topological polar surface area (TPSA) is 72.4 Å². The third-order valence-electron chi connectivity index (χ3n) is 6.19. The van der Waals surface area contributed by atoms with Crippen LogP contribution in [0.15, 0.2) is 29.3 Å². The van der Waals surface area contributed by atoms with Gasteiger partial charge >= 0.3 is 0 Å². The highest BCUT2D eigenvalue weighted by Crippen LogP contribution is 2.31. The van der Waals surface area contributed by atoms with E-state index in [1.165, 1.54) is 6.07 Å². The summed E-state index contributed by atoms with van der Waals surface area (Å²) in [5.74, 6) is 0.655. The fourth-order valence-electron chi connectivity index (χ4n) is 4.23. The largest absolute Gasteiger partial charge is 0.396 e. The second kappa shape index (κ2) is 11.5. The van der Waals surface area contributed by atoms with Crippen molar-refractivity contribution in [3.63, 3.8) is 0 Å². The molecular formula is C22H36FN5O2. The normalized spacial score (nSPS) is 23.0. The number of piperazine rings is 1. The van der Waals surface area contributed by atoms with Crippen LogP contribution >= 0.6 is 0 Å². The van der Waals surface area contributed by atoms with Crippen molar-refractivity contribution in [1.82, 2.24) is 15.5 Å². The molecule has 2 heterocycles. The number of para-hydroxylation sites is 1. The van der Waals surface area contributed by atoms with E-state index in [1.807, 2.05) is 12.1 Å². The Hall–Kier alpha value is -1.90. The molecule has 0 spiro atoms. The SMILES string of the molecule is CN=C(NCCCN1CCN(c2ccccc2F)CC1)NCC1(CCO)CCOC1. The second-order valence-corrected chi connectivity index (χ2v) is 8.26. The summed E-state index contributed by atoms with van der Waals surface area (Å²) < 4.78 is 19.5. The highest BCUT2D eigenvalue weighted by Gasteiger charge is 2.34. The van der Waals surface area contributed by atoms with E-state index in [0.29, 0.717) is 12.3 Å². The molecule has 0 amide bonds. The smallest absolute Gasteiger partial charge is 0.190 e. The Morgan fingerprint density at radius 1 is 1.23 bits per heavy atom. The van der Waals surface area contributed by atoms with Gasteiger partial charge < -0.3 is 25.4 Å². The zero-order chi connectivity index (χ0) is 21.2. The first-order chi connectivity index (χ1) is 14.7. The van der Waals surface area contributed by atoms with Crippen molar-refractivity contribution in [2.75, 3.05) is 77.6 Å². The van der Waals surface area contributed by atoms with E-state index in [1.54, 1.807) is 13.1 Å². The van der Waals surface area contributed by atoms with Gasteiger partial charge in [0.25, 0.3) is 0 Å². The van der Waals surface area contributed by atoms with Gasteiger partial charge in [0.2, 0.25) is 0 Å². The van der Waals surface area contributed by atoms with Gasteiger partial charge in [-0.1, -0.05) is 12.1 Å². The minimum Gasteiger partial charge on any atom is -0.396 e. The lowest BCUT2D eigenvalue weighted by atomic mass is 9.84. The monoisotopic (exact) mass is 421 g/mol. The molecule has 3 rings (SSSR count). The van der Waals surface area contributed by atoms with Gasteiger partial charge in [-0.2, -0.15) is 0 Å². The molecule has 0 bridgehead atoms. The number of rotatable bonds is 9. The number of guanidine groups is 1. The number of nitrogens with zero attached hydrogens (tertiary/aromatic N) is 3. The first-order valence-corrected chi connectivity index (χ1v) is 11.0. The van der Waals surface area contributed by atoms with Crippen LogP contribution in [0, 0.1) is 11.2 Å². The lowest BCUT2D eigenvalue weighted by molar-refractivity contribution is 0.127. The van der Waals surface area contributed by atoms with Gasteiger partial charge in [-0.25, -0.2) is 4.39 Å². The summed E-state index contributed by atoms with van der Waals surface area (Å²) in [6.07, 6.45) is 2.73. The van der Waals surface area contributed by atoms with E-state index in [-0.39, 0.29) is 17.8 Å². The Labute approximate surface area is 179 Å². The number of aliphatic hydroxyl groups excluding tert-OH is 1. The van der Waals surface area contributed by atoms with Crippen molar-refractivity contribution in [3.05, 3.63) is 30.1 Å². The van der Waals surface area contributed by atoms with E-state index in [2.05, 4.69) is 25.4 Å². The number of halogens is 1. The first-order valence-electron chi connectivity index (χ1n) is 11.0. The third-order valence-corrected chi connectivity index (χ3v) is 6.19. The molecule has 2 fully saturated rings. The molecule has 168 valence electrons. The molecule has 2 aliphatic heterocycles. The Bertz CT molecular complexity index is 673. The summed E-state index contributed by atoms with van der Waals surface area (Å²) in [6.45, 7) is 7.85. The number of anilines is 1. The molecule has 1 aromatic carbocycles. The van der Waals surface area contributed by atoms with Crippen molar-refractivity contribution in [2.45, 2.75) is 19.3 Å². The van der Waals surface area contributed by atoms with Crippen LogP contribution in [-0.4, -0.2) is 88.6 Å². The Balaban J connectivity index is 1.32. The van der Waals surface area contributed by atoms with Crippen molar-refractivity contribution >= 4 is 11.6 Å². The molecule has 1 aromatic rings. The highest BCUT2D eigenvalue weighted by molar-refractivity contribution is 5.79.